The molecule has 0 heterocycles. The molecule has 7 nitrogen and oxygen atoms in total. The largest absolute Gasteiger partial charge is 0.446 e. The molecule has 3 aromatic rings. The van der Waals surface area contributed by atoms with Crippen molar-refractivity contribution in [2.75, 3.05) is 18.9 Å². The molecule has 3 rings (SSSR count). The van der Waals surface area contributed by atoms with Crippen molar-refractivity contribution in [3.05, 3.63) is 95.1 Å². The lowest BCUT2D eigenvalue weighted by Crippen LogP contribution is -2.35. The number of hydrogen-bond donors (Lipinski definition) is 1. The summed E-state index contributed by atoms with van der Waals surface area (Å²) in [6, 6.07) is 20.5. The molecule has 0 radical (unpaired) electrons. The van der Waals surface area contributed by atoms with E-state index in [1.54, 1.807) is 42.5 Å². The molecule has 0 fully saturated rings. The van der Waals surface area contributed by atoms with Crippen LogP contribution in [0.4, 0.5) is 5.69 Å². The second-order valence-electron chi connectivity index (χ2n) is 8.22. The fourth-order valence-electron chi connectivity index (χ4n) is 3.48. The van der Waals surface area contributed by atoms with Gasteiger partial charge in [-0.05, 0) is 56.2 Å². The molecule has 1 unspecified atom stereocenters. The molecule has 0 aliphatic rings. The predicted octanol–water partition coefficient (Wildman–Crippen LogP) is 4.16. The molecule has 0 aromatic heterocycles. The van der Waals surface area contributed by atoms with Gasteiger partial charge in [0, 0.05) is 18.3 Å². The van der Waals surface area contributed by atoms with Crippen LogP contribution in [-0.2, 0) is 24.3 Å². The van der Waals surface area contributed by atoms with Crippen LogP contribution < -0.4 is 5.32 Å². The van der Waals surface area contributed by atoms with Crippen LogP contribution in [0.25, 0.3) is 0 Å². The normalized spacial score (nSPS) is 12.3. The van der Waals surface area contributed by atoms with Gasteiger partial charge in [-0.15, -0.1) is 0 Å². The van der Waals surface area contributed by atoms with Gasteiger partial charge >= 0.3 is 5.97 Å². The van der Waals surface area contributed by atoms with Gasteiger partial charge in [0.25, 0.3) is 5.91 Å². The van der Waals surface area contributed by atoms with E-state index in [0.717, 1.165) is 21.0 Å². The van der Waals surface area contributed by atoms with Crippen LogP contribution in [0.15, 0.2) is 77.7 Å². The van der Waals surface area contributed by atoms with Gasteiger partial charge < -0.3 is 10.1 Å². The highest BCUT2D eigenvalue weighted by Gasteiger charge is 2.28. The molecule has 0 saturated carbocycles. The van der Waals surface area contributed by atoms with Crippen LogP contribution in [0, 0.1) is 20.8 Å². The van der Waals surface area contributed by atoms with Crippen LogP contribution >= 0.6 is 0 Å². The Morgan fingerprint density at radius 1 is 0.882 bits per heavy atom. The van der Waals surface area contributed by atoms with Crippen molar-refractivity contribution in [1.82, 2.24) is 4.31 Å². The van der Waals surface area contributed by atoms with Gasteiger partial charge in [-0.25, -0.2) is 8.42 Å². The maximum Gasteiger partial charge on any atom is 0.322 e. The van der Waals surface area contributed by atoms with E-state index in [1.165, 1.54) is 19.2 Å². The maximum absolute atomic E-state index is 13.1. The number of benzene rings is 3. The zero-order valence-corrected chi connectivity index (χ0v) is 20.4. The quantitative estimate of drug-likeness (QED) is 0.489. The first-order chi connectivity index (χ1) is 16.1. The SMILES string of the molecule is Cc1ccc(S(=O)(=O)N(C)CC(=O)OC(C(=O)Nc2cc(C)cc(C)c2)c2ccccc2)cc1. The summed E-state index contributed by atoms with van der Waals surface area (Å²) in [6.45, 7) is 5.14. The maximum atomic E-state index is 13.1. The van der Waals surface area contributed by atoms with Crippen molar-refractivity contribution in [1.29, 1.82) is 0 Å². The number of hydrogen-bond acceptors (Lipinski definition) is 5. The number of aryl methyl sites for hydroxylation is 3. The Morgan fingerprint density at radius 2 is 1.47 bits per heavy atom. The highest BCUT2D eigenvalue weighted by atomic mass is 32.2. The van der Waals surface area contributed by atoms with Crippen LogP contribution in [0.2, 0.25) is 0 Å². The Bertz CT molecular complexity index is 1250. The molecule has 0 bridgehead atoms. The molecule has 0 aliphatic heterocycles. The first kappa shape index (κ1) is 25.1. The first-order valence-corrected chi connectivity index (χ1v) is 12.2. The van der Waals surface area contributed by atoms with Gasteiger partial charge in [-0.1, -0.05) is 54.1 Å². The Hall–Kier alpha value is -3.49. The molecule has 8 heteroatoms. The number of carbonyl (C=O) groups is 2. The van der Waals surface area contributed by atoms with E-state index in [1.807, 2.05) is 39.0 Å². The Labute approximate surface area is 200 Å². The average molecular weight is 481 g/mol. The highest BCUT2D eigenvalue weighted by molar-refractivity contribution is 7.89. The number of sulfonamides is 1. The zero-order chi connectivity index (χ0) is 24.9. The molecule has 1 amide bonds. The van der Waals surface area contributed by atoms with Crippen molar-refractivity contribution < 1.29 is 22.7 Å². The molecule has 0 saturated heterocycles. The number of nitrogens with one attached hydrogen (secondary N) is 1. The third-order valence-electron chi connectivity index (χ3n) is 5.16. The van der Waals surface area contributed by atoms with Crippen molar-refractivity contribution in [3.63, 3.8) is 0 Å². The van der Waals surface area contributed by atoms with Crippen LogP contribution in [0.3, 0.4) is 0 Å². The zero-order valence-electron chi connectivity index (χ0n) is 19.6. The molecule has 0 spiro atoms. The van der Waals surface area contributed by atoms with Crippen molar-refractivity contribution in [2.45, 2.75) is 31.8 Å². The number of nitrogens with zero attached hydrogens (tertiary/aromatic N) is 1. The monoisotopic (exact) mass is 480 g/mol. The summed E-state index contributed by atoms with van der Waals surface area (Å²) in [6.07, 6.45) is -1.25. The summed E-state index contributed by atoms with van der Waals surface area (Å²) in [5, 5.41) is 2.79. The summed E-state index contributed by atoms with van der Waals surface area (Å²) in [5.41, 5.74) is 3.93. The van der Waals surface area contributed by atoms with Crippen molar-refractivity contribution in [2.24, 2.45) is 0 Å². The van der Waals surface area contributed by atoms with Crippen molar-refractivity contribution in [3.8, 4) is 0 Å². The number of anilines is 1. The lowest BCUT2D eigenvalue weighted by molar-refractivity contribution is -0.154. The standard InChI is InChI=1S/C26H28N2O5S/c1-18-10-12-23(13-11-18)34(31,32)28(4)17-24(29)33-25(21-8-6-5-7-9-21)26(30)27-22-15-19(2)14-20(3)16-22/h5-16,25H,17H2,1-4H3,(H,27,30). The van der Waals surface area contributed by atoms with E-state index in [4.69, 9.17) is 4.74 Å². The second-order valence-corrected chi connectivity index (χ2v) is 10.3. The highest BCUT2D eigenvalue weighted by Crippen LogP contribution is 2.22. The molecular formula is C26H28N2O5S. The first-order valence-electron chi connectivity index (χ1n) is 10.7. The number of amides is 1. The fraction of sp³-hybridized carbons (Fsp3) is 0.231. The Morgan fingerprint density at radius 3 is 2.06 bits per heavy atom. The van der Waals surface area contributed by atoms with Gasteiger partial charge in [0.05, 0.1) is 4.90 Å². The van der Waals surface area contributed by atoms with Gasteiger partial charge in [0.2, 0.25) is 16.1 Å². The molecular weight excluding hydrogens is 452 g/mol. The molecule has 1 N–H and O–H groups in total. The molecule has 0 aliphatic carbocycles. The summed E-state index contributed by atoms with van der Waals surface area (Å²) in [5.74, 6) is -1.38. The van der Waals surface area contributed by atoms with Gasteiger partial charge in [0.1, 0.15) is 6.54 Å². The van der Waals surface area contributed by atoms with E-state index >= 15 is 0 Å². The fourth-order valence-corrected chi connectivity index (χ4v) is 4.60. The minimum atomic E-state index is -3.90. The minimum Gasteiger partial charge on any atom is -0.446 e. The van der Waals surface area contributed by atoms with Crippen LogP contribution in [0.5, 0.6) is 0 Å². The van der Waals surface area contributed by atoms with E-state index < -0.39 is 34.5 Å². The number of esters is 1. The van der Waals surface area contributed by atoms with E-state index in [9.17, 15) is 18.0 Å². The minimum absolute atomic E-state index is 0.0700. The van der Waals surface area contributed by atoms with Crippen molar-refractivity contribution >= 4 is 27.6 Å². The summed E-state index contributed by atoms with van der Waals surface area (Å²) in [4.78, 5) is 25.9. The number of ether oxygens (including phenoxy) is 1. The molecule has 1 atom stereocenters. The van der Waals surface area contributed by atoms with E-state index in [-0.39, 0.29) is 4.90 Å². The van der Waals surface area contributed by atoms with Gasteiger partial charge in [0.15, 0.2) is 0 Å². The summed E-state index contributed by atoms with van der Waals surface area (Å²) < 4.78 is 32.0. The third-order valence-corrected chi connectivity index (χ3v) is 6.98. The number of carbonyl (C=O) groups excluding carboxylic acids is 2. The smallest absolute Gasteiger partial charge is 0.322 e. The lowest BCUT2D eigenvalue weighted by atomic mass is 10.1. The second kappa shape index (κ2) is 10.6. The van der Waals surface area contributed by atoms with Gasteiger partial charge in [-0.2, -0.15) is 4.31 Å². The van der Waals surface area contributed by atoms with Gasteiger partial charge in [-0.3, -0.25) is 9.59 Å². The summed E-state index contributed by atoms with van der Waals surface area (Å²) in [7, 11) is -2.60. The van der Waals surface area contributed by atoms with E-state index in [0.29, 0.717) is 11.3 Å². The molecule has 178 valence electrons. The van der Waals surface area contributed by atoms with E-state index in [2.05, 4.69) is 5.32 Å². The summed E-state index contributed by atoms with van der Waals surface area (Å²) >= 11 is 0. The topological polar surface area (TPSA) is 92.8 Å². The van der Waals surface area contributed by atoms with Crippen LogP contribution in [0.1, 0.15) is 28.4 Å². The average Bonchev–Trinajstić information content (AvgIpc) is 2.77. The third kappa shape index (κ3) is 6.30. The predicted molar refractivity (Wildman–Crippen MR) is 131 cm³/mol. The Balaban J connectivity index is 1.77. The number of rotatable bonds is 8. The van der Waals surface area contributed by atoms with Crippen LogP contribution in [-0.4, -0.2) is 38.2 Å². The molecule has 34 heavy (non-hydrogen) atoms. The Kier molecular flexibility index (Phi) is 7.86. The molecule has 3 aromatic carbocycles. The number of likely N-dealkylation sites (N-methyl/N-ethyl adjacent to an activating group) is 1. The lowest BCUT2D eigenvalue weighted by Gasteiger charge is -2.21.